The number of aryl methyl sites for hydroxylation is 1. The highest BCUT2D eigenvalue weighted by molar-refractivity contribution is 6.00. The number of carbonyl (C=O) groups is 1. The lowest BCUT2D eigenvalue weighted by molar-refractivity contribution is 0.262. The van der Waals surface area contributed by atoms with E-state index in [0.717, 1.165) is 22.5 Å². The summed E-state index contributed by atoms with van der Waals surface area (Å²) in [6, 6.07) is 15.5. The van der Waals surface area contributed by atoms with Crippen molar-refractivity contribution >= 4 is 17.4 Å². The van der Waals surface area contributed by atoms with Crippen LogP contribution in [0.4, 0.5) is 16.2 Å². The van der Waals surface area contributed by atoms with Crippen LogP contribution < -0.4 is 16.0 Å². The Labute approximate surface area is 125 Å². The minimum absolute atomic E-state index is 0.237. The third kappa shape index (κ3) is 4.07. The lowest BCUT2D eigenvalue weighted by atomic mass is 10.1. The molecule has 0 aliphatic heterocycles. The molecule has 21 heavy (non-hydrogen) atoms. The number of hydrogen-bond donors (Lipinski definition) is 3. The van der Waals surface area contributed by atoms with E-state index < -0.39 is 0 Å². The first-order valence-corrected chi connectivity index (χ1v) is 7.01. The van der Waals surface area contributed by atoms with E-state index in [-0.39, 0.29) is 12.1 Å². The van der Waals surface area contributed by atoms with Crippen LogP contribution in [0.5, 0.6) is 0 Å². The molecule has 2 rings (SSSR count). The first-order valence-electron chi connectivity index (χ1n) is 7.01. The quantitative estimate of drug-likeness (QED) is 0.796. The molecule has 2 aromatic rings. The summed E-state index contributed by atoms with van der Waals surface area (Å²) in [5.41, 5.74) is 3.76. The number of carbonyl (C=O) groups excluding carboxylic acids is 1. The number of anilines is 2. The molecule has 4 nitrogen and oxygen atoms in total. The average Bonchev–Trinajstić information content (AvgIpc) is 2.49. The van der Waals surface area contributed by atoms with Gasteiger partial charge in [0.1, 0.15) is 0 Å². The van der Waals surface area contributed by atoms with Crippen LogP contribution in [0.15, 0.2) is 48.5 Å². The van der Waals surface area contributed by atoms with Gasteiger partial charge in [0.25, 0.3) is 0 Å². The number of amides is 2. The minimum atomic E-state index is -0.237. The molecule has 4 heteroatoms. The monoisotopic (exact) mass is 283 g/mol. The summed E-state index contributed by atoms with van der Waals surface area (Å²) in [7, 11) is 1.91. The number of hydrogen-bond acceptors (Lipinski definition) is 2. The van der Waals surface area contributed by atoms with Crippen molar-refractivity contribution in [1.29, 1.82) is 0 Å². The fourth-order valence-electron chi connectivity index (χ4n) is 2.05. The SMILES string of the molecule is CNC(C)c1cccc(NC(=O)Nc2ccccc2C)c1. The molecular weight excluding hydrogens is 262 g/mol. The van der Waals surface area contributed by atoms with Crippen LogP contribution in [0.2, 0.25) is 0 Å². The van der Waals surface area contributed by atoms with E-state index >= 15 is 0 Å². The molecule has 3 N–H and O–H groups in total. The molecule has 0 saturated carbocycles. The first-order chi connectivity index (χ1) is 10.1. The van der Waals surface area contributed by atoms with Gasteiger partial charge in [-0.2, -0.15) is 0 Å². The van der Waals surface area contributed by atoms with Gasteiger partial charge in [-0.25, -0.2) is 4.79 Å². The zero-order valence-corrected chi connectivity index (χ0v) is 12.6. The Kier molecular flexibility index (Phi) is 4.95. The second-order valence-electron chi connectivity index (χ2n) is 5.03. The average molecular weight is 283 g/mol. The van der Waals surface area contributed by atoms with Crippen molar-refractivity contribution in [3.05, 3.63) is 59.7 Å². The Morgan fingerprint density at radius 2 is 1.81 bits per heavy atom. The van der Waals surface area contributed by atoms with E-state index in [1.54, 1.807) is 0 Å². The largest absolute Gasteiger partial charge is 0.323 e. The third-order valence-electron chi connectivity index (χ3n) is 3.47. The highest BCUT2D eigenvalue weighted by Gasteiger charge is 2.07. The van der Waals surface area contributed by atoms with Gasteiger partial charge in [0.15, 0.2) is 0 Å². The fourth-order valence-corrected chi connectivity index (χ4v) is 2.05. The maximum absolute atomic E-state index is 12.0. The van der Waals surface area contributed by atoms with E-state index in [4.69, 9.17) is 0 Å². The van der Waals surface area contributed by atoms with Crippen LogP contribution in [-0.4, -0.2) is 13.1 Å². The van der Waals surface area contributed by atoms with E-state index in [1.165, 1.54) is 0 Å². The van der Waals surface area contributed by atoms with Crippen LogP contribution in [0.25, 0.3) is 0 Å². The normalized spacial score (nSPS) is 11.8. The van der Waals surface area contributed by atoms with E-state index in [0.29, 0.717) is 0 Å². The molecule has 0 aliphatic rings. The van der Waals surface area contributed by atoms with Crippen LogP contribution in [0, 0.1) is 6.92 Å². The lowest BCUT2D eigenvalue weighted by Gasteiger charge is -2.13. The van der Waals surface area contributed by atoms with Crippen molar-refractivity contribution in [3.8, 4) is 0 Å². The summed E-state index contributed by atoms with van der Waals surface area (Å²) >= 11 is 0. The van der Waals surface area contributed by atoms with Gasteiger partial charge in [-0.15, -0.1) is 0 Å². The highest BCUT2D eigenvalue weighted by Crippen LogP contribution is 2.18. The summed E-state index contributed by atoms with van der Waals surface area (Å²) < 4.78 is 0. The zero-order valence-electron chi connectivity index (χ0n) is 12.6. The number of para-hydroxylation sites is 1. The zero-order chi connectivity index (χ0) is 15.2. The Morgan fingerprint density at radius 3 is 2.52 bits per heavy atom. The van der Waals surface area contributed by atoms with Crippen molar-refractivity contribution in [2.75, 3.05) is 17.7 Å². The molecule has 0 radical (unpaired) electrons. The summed E-state index contributed by atoms with van der Waals surface area (Å²) in [6.07, 6.45) is 0. The van der Waals surface area contributed by atoms with Crippen LogP contribution in [0.1, 0.15) is 24.1 Å². The topological polar surface area (TPSA) is 53.2 Å². The van der Waals surface area contributed by atoms with Crippen molar-refractivity contribution in [3.63, 3.8) is 0 Å². The number of rotatable bonds is 4. The van der Waals surface area contributed by atoms with Crippen molar-refractivity contribution in [2.45, 2.75) is 19.9 Å². The molecule has 2 aromatic carbocycles. The van der Waals surface area contributed by atoms with Gasteiger partial charge in [-0.1, -0.05) is 30.3 Å². The molecule has 0 bridgehead atoms. The molecule has 0 aliphatic carbocycles. The van der Waals surface area contributed by atoms with Crippen LogP contribution in [0.3, 0.4) is 0 Å². The highest BCUT2D eigenvalue weighted by atomic mass is 16.2. The van der Waals surface area contributed by atoms with Crippen molar-refractivity contribution in [2.24, 2.45) is 0 Å². The maximum atomic E-state index is 12.0. The van der Waals surface area contributed by atoms with Crippen molar-refractivity contribution < 1.29 is 4.79 Å². The first kappa shape index (κ1) is 15.1. The van der Waals surface area contributed by atoms with Crippen LogP contribution in [-0.2, 0) is 0 Å². The summed E-state index contributed by atoms with van der Waals surface area (Å²) in [6.45, 7) is 4.04. The second-order valence-corrected chi connectivity index (χ2v) is 5.03. The number of urea groups is 1. The molecular formula is C17H21N3O. The Hall–Kier alpha value is -2.33. The molecule has 0 fully saturated rings. The van der Waals surface area contributed by atoms with Gasteiger partial charge in [-0.3, -0.25) is 0 Å². The summed E-state index contributed by atoms with van der Waals surface area (Å²) in [5, 5.41) is 8.90. The van der Waals surface area contributed by atoms with E-state index in [2.05, 4.69) is 22.9 Å². The minimum Gasteiger partial charge on any atom is -0.313 e. The Bertz CT molecular complexity index is 625. The van der Waals surface area contributed by atoms with Gasteiger partial charge in [-0.05, 0) is 50.2 Å². The number of benzene rings is 2. The van der Waals surface area contributed by atoms with E-state index in [9.17, 15) is 4.79 Å². The molecule has 1 atom stereocenters. The molecule has 0 aromatic heterocycles. The maximum Gasteiger partial charge on any atom is 0.323 e. The smallest absolute Gasteiger partial charge is 0.313 e. The van der Waals surface area contributed by atoms with Gasteiger partial charge >= 0.3 is 6.03 Å². The number of nitrogens with one attached hydrogen (secondary N) is 3. The molecule has 0 saturated heterocycles. The molecule has 0 heterocycles. The standard InChI is InChI=1S/C17H21N3O/c1-12-7-4-5-10-16(12)20-17(21)19-15-9-6-8-14(11-15)13(2)18-3/h4-11,13,18H,1-3H3,(H2,19,20,21). The second kappa shape index (κ2) is 6.90. The fraction of sp³-hybridized carbons (Fsp3) is 0.235. The van der Waals surface area contributed by atoms with Crippen LogP contribution >= 0.6 is 0 Å². The van der Waals surface area contributed by atoms with Gasteiger partial charge in [0, 0.05) is 17.4 Å². The van der Waals surface area contributed by atoms with Gasteiger partial charge in [0.05, 0.1) is 0 Å². The predicted octanol–water partition coefficient (Wildman–Crippen LogP) is 3.92. The summed E-state index contributed by atoms with van der Waals surface area (Å²) in [4.78, 5) is 12.0. The molecule has 2 amide bonds. The van der Waals surface area contributed by atoms with Crippen molar-refractivity contribution in [1.82, 2.24) is 5.32 Å². The Morgan fingerprint density at radius 1 is 1.05 bits per heavy atom. The Balaban J connectivity index is 2.05. The molecule has 0 spiro atoms. The van der Waals surface area contributed by atoms with Gasteiger partial charge in [0.2, 0.25) is 0 Å². The lowest BCUT2D eigenvalue weighted by Crippen LogP contribution is -2.20. The molecule has 1 unspecified atom stereocenters. The molecule has 110 valence electrons. The van der Waals surface area contributed by atoms with E-state index in [1.807, 2.05) is 62.5 Å². The third-order valence-corrected chi connectivity index (χ3v) is 3.47. The summed E-state index contributed by atoms with van der Waals surface area (Å²) in [5.74, 6) is 0. The van der Waals surface area contributed by atoms with Gasteiger partial charge < -0.3 is 16.0 Å². The predicted molar refractivity (Wildman–Crippen MR) is 87.7 cm³/mol.